The van der Waals surface area contributed by atoms with Gasteiger partial charge in [0.05, 0.1) is 0 Å². The minimum Gasteiger partial charge on any atom is -0.278 e. The molecule has 5 nitrogen and oxygen atoms in total. The lowest BCUT2D eigenvalue weighted by Gasteiger charge is -1.93. The number of nitrogens with one attached hydrogen (secondary N) is 1. The molecular formula is C6H6N2O3. The molecule has 0 spiro atoms. The molecule has 0 saturated carbocycles. The number of carbonyl (C=O) groups is 1. The lowest BCUT2D eigenvalue weighted by Crippen LogP contribution is -2.30. The van der Waals surface area contributed by atoms with Gasteiger partial charge in [-0.3, -0.25) is 14.6 Å². The van der Waals surface area contributed by atoms with Crippen LogP contribution in [0.4, 0.5) is 0 Å². The quantitative estimate of drug-likeness (QED) is 0.521. The van der Waals surface area contributed by atoms with Gasteiger partial charge in [0.15, 0.2) is 0 Å². The van der Waals surface area contributed by atoms with Gasteiger partial charge < -0.3 is 0 Å². The van der Waals surface area contributed by atoms with E-state index in [1.165, 1.54) is 13.1 Å². The molecule has 1 heterocycles. The maximum absolute atomic E-state index is 10.7. The van der Waals surface area contributed by atoms with Crippen LogP contribution in [0.15, 0.2) is 15.8 Å². The Hall–Kier alpha value is -1.65. The topological polar surface area (TPSA) is 71.9 Å². The van der Waals surface area contributed by atoms with Gasteiger partial charge in [-0.15, -0.1) is 0 Å². The zero-order chi connectivity index (χ0) is 8.43. The molecular weight excluding hydrogens is 148 g/mol. The van der Waals surface area contributed by atoms with E-state index >= 15 is 0 Å². The van der Waals surface area contributed by atoms with Gasteiger partial charge in [-0.2, -0.15) is 0 Å². The standard InChI is InChI=1S/C6H6N2O3/c1-4-2-8(3-9)6(11)7-5(4)10/h2-3H,1H3,(H,7,10,11). The fourth-order valence-corrected chi connectivity index (χ4v) is 0.664. The molecule has 0 saturated heterocycles. The molecule has 5 heteroatoms. The highest BCUT2D eigenvalue weighted by atomic mass is 16.2. The summed E-state index contributed by atoms with van der Waals surface area (Å²) in [5.41, 5.74) is -0.847. The Bertz CT molecular complexity index is 388. The number of H-pyrrole nitrogens is 1. The Balaban J connectivity index is 3.57. The summed E-state index contributed by atoms with van der Waals surface area (Å²) in [6, 6.07) is 0. The van der Waals surface area contributed by atoms with Crippen molar-refractivity contribution in [3.63, 3.8) is 0 Å². The molecule has 0 aliphatic heterocycles. The molecule has 1 N–H and O–H groups in total. The van der Waals surface area contributed by atoms with E-state index in [4.69, 9.17) is 0 Å². The highest BCUT2D eigenvalue weighted by Gasteiger charge is 1.97. The van der Waals surface area contributed by atoms with E-state index in [2.05, 4.69) is 0 Å². The highest BCUT2D eigenvalue weighted by molar-refractivity contribution is 5.51. The smallest absolute Gasteiger partial charge is 0.278 e. The van der Waals surface area contributed by atoms with Crippen LogP contribution < -0.4 is 11.2 Å². The summed E-state index contributed by atoms with van der Waals surface area (Å²) in [7, 11) is 0. The second-order valence-corrected chi connectivity index (χ2v) is 2.08. The molecule has 0 atom stereocenters. The van der Waals surface area contributed by atoms with Crippen LogP contribution >= 0.6 is 0 Å². The predicted octanol–water partition coefficient (Wildman–Crippen LogP) is -1.12. The van der Waals surface area contributed by atoms with Crippen molar-refractivity contribution in [2.75, 3.05) is 0 Å². The number of aryl methyl sites for hydroxylation is 1. The number of hydrogen-bond donors (Lipinski definition) is 1. The molecule has 1 rings (SSSR count). The largest absolute Gasteiger partial charge is 0.334 e. The van der Waals surface area contributed by atoms with Crippen LogP contribution in [0, 0.1) is 6.92 Å². The number of hydrogen-bond acceptors (Lipinski definition) is 3. The van der Waals surface area contributed by atoms with Crippen LogP contribution in [0.3, 0.4) is 0 Å². The van der Waals surface area contributed by atoms with Crippen LogP contribution in [0.25, 0.3) is 0 Å². The summed E-state index contributed by atoms with van der Waals surface area (Å²) in [4.78, 5) is 33.5. The van der Waals surface area contributed by atoms with E-state index in [0.29, 0.717) is 12.0 Å². The molecule has 0 aliphatic rings. The fourth-order valence-electron chi connectivity index (χ4n) is 0.664. The van der Waals surface area contributed by atoms with Crippen LogP contribution in [0.1, 0.15) is 5.56 Å². The Morgan fingerprint density at radius 1 is 1.55 bits per heavy atom. The summed E-state index contributed by atoms with van der Waals surface area (Å²) < 4.78 is 0.775. The first-order chi connectivity index (χ1) is 5.15. The molecule has 0 aliphatic carbocycles. The lowest BCUT2D eigenvalue weighted by molar-refractivity contribution is 0.543. The molecule has 1 aromatic heterocycles. The highest BCUT2D eigenvalue weighted by Crippen LogP contribution is 1.78. The van der Waals surface area contributed by atoms with E-state index < -0.39 is 11.2 Å². The average molecular weight is 154 g/mol. The van der Waals surface area contributed by atoms with Crippen molar-refractivity contribution in [1.82, 2.24) is 9.55 Å². The number of aromatic nitrogens is 2. The molecule has 11 heavy (non-hydrogen) atoms. The van der Waals surface area contributed by atoms with Gasteiger partial charge in [0, 0.05) is 11.8 Å². The third-order valence-corrected chi connectivity index (χ3v) is 1.26. The van der Waals surface area contributed by atoms with E-state index in [1.54, 1.807) is 0 Å². The number of nitrogens with zero attached hydrogens (tertiary/aromatic N) is 1. The minimum atomic E-state index is -0.712. The van der Waals surface area contributed by atoms with Crippen molar-refractivity contribution in [2.45, 2.75) is 6.92 Å². The van der Waals surface area contributed by atoms with Gasteiger partial charge in [-0.05, 0) is 6.92 Å². The molecule has 58 valence electrons. The first-order valence-corrected chi connectivity index (χ1v) is 2.92. The maximum Gasteiger partial charge on any atom is 0.334 e. The number of aromatic amines is 1. The molecule has 0 bridgehead atoms. The number of carbonyl (C=O) groups excluding carboxylic acids is 1. The molecule has 0 fully saturated rings. The Kier molecular flexibility index (Phi) is 1.72. The van der Waals surface area contributed by atoms with Crippen molar-refractivity contribution in [3.05, 3.63) is 32.6 Å². The first kappa shape index (κ1) is 7.46. The van der Waals surface area contributed by atoms with E-state index in [1.807, 2.05) is 4.98 Å². The van der Waals surface area contributed by atoms with E-state index in [9.17, 15) is 14.4 Å². The molecule has 0 aromatic carbocycles. The fraction of sp³-hybridized carbons (Fsp3) is 0.167. The summed E-state index contributed by atoms with van der Waals surface area (Å²) in [5.74, 6) is 0. The third kappa shape index (κ3) is 1.26. The van der Waals surface area contributed by atoms with Gasteiger partial charge in [0.1, 0.15) is 0 Å². The first-order valence-electron chi connectivity index (χ1n) is 2.92. The van der Waals surface area contributed by atoms with Gasteiger partial charge in [-0.1, -0.05) is 0 Å². The molecule has 0 radical (unpaired) electrons. The van der Waals surface area contributed by atoms with Crippen molar-refractivity contribution in [1.29, 1.82) is 0 Å². The Labute approximate surface area is 61.3 Å². The lowest BCUT2D eigenvalue weighted by atomic mass is 10.4. The van der Waals surface area contributed by atoms with Gasteiger partial charge >= 0.3 is 5.69 Å². The van der Waals surface area contributed by atoms with Crippen LogP contribution in [-0.4, -0.2) is 16.0 Å². The summed E-state index contributed by atoms with van der Waals surface area (Å²) >= 11 is 0. The van der Waals surface area contributed by atoms with Crippen LogP contribution in [-0.2, 0) is 4.79 Å². The Morgan fingerprint density at radius 2 is 2.18 bits per heavy atom. The number of rotatable bonds is 1. The zero-order valence-electron chi connectivity index (χ0n) is 5.83. The van der Waals surface area contributed by atoms with Crippen molar-refractivity contribution < 1.29 is 4.79 Å². The van der Waals surface area contributed by atoms with Crippen LogP contribution in [0.2, 0.25) is 0 Å². The van der Waals surface area contributed by atoms with Crippen molar-refractivity contribution in [2.24, 2.45) is 0 Å². The summed E-state index contributed by atoms with van der Waals surface area (Å²) in [5, 5.41) is 0. The average Bonchev–Trinajstić information content (AvgIpc) is 1.97. The Morgan fingerprint density at radius 3 is 2.73 bits per heavy atom. The zero-order valence-corrected chi connectivity index (χ0v) is 5.83. The van der Waals surface area contributed by atoms with Gasteiger partial charge in [-0.25, -0.2) is 9.36 Å². The molecule has 0 unspecified atom stereocenters. The SMILES string of the molecule is Cc1cn(C=O)c(=O)[nH]c1=O. The molecule has 1 aromatic rings. The van der Waals surface area contributed by atoms with Gasteiger partial charge in [0.25, 0.3) is 5.56 Å². The van der Waals surface area contributed by atoms with Crippen molar-refractivity contribution in [3.8, 4) is 0 Å². The van der Waals surface area contributed by atoms with Gasteiger partial charge in [0.2, 0.25) is 6.41 Å². The second kappa shape index (κ2) is 2.53. The van der Waals surface area contributed by atoms with E-state index in [-0.39, 0.29) is 0 Å². The van der Waals surface area contributed by atoms with Crippen molar-refractivity contribution >= 4 is 6.41 Å². The minimum absolute atomic E-state index is 0.330. The second-order valence-electron chi connectivity index (χ2n) is 2.08. The normalized spacial score (nSPS) is 9.55. The van der Waals surface area contributed by atoms with E-state index in [0.717, 1.165) is 4.57 Å². The molecule has 0 amide bonds. The summed E-state index contributed by atoms with van der Waals surface area (Å²) in [6.45, 7) is 1.51. The maximum atomic E-state index is 10.7. The monoisotopic (exact) mass is 154 g/mol. The van der Waals surface area contributed by atoms with Crippen LogP contribution in [0.5, 0.6) is 0 Å². The summed E-state index contributed by atoms with van der Waals surface area (Å²) in [6.07, 6.45) is 1.53. The third-order valence-electron chi connectivity index (χ3n) is 1.26. The predicted molar refractivity (Wildman–Crippen MR) is 38.2 cm³/mol.